The van der Waals surface area contributed by atoms with E-state index in [0.29, 0.717) is 17.0 Å². The molecule has 7 heteroatoms. The first kappa shape index (κ1) is 19.3. The maximum Gasteiger partial charge on any atom is 0.412 e. The Labute approximate surface area is 150 Å². The number of aromatic hydroxyl groups is 1. The number of rotatable bonds is 7. The first-order valence-corrected chi connectivity index (χ1v) is 7.74. The summed E-state index contributed by atoms with van der Waals surface area (Å²) >= 11 is 0. The Morgan fingerprint density at radius 3 is 2.46 bits per heavy atom. The molecule has 2 aromatic rings. The number of phenolic OH excluding ortho intramolecular Hbond substituents is 1. The number of anilines is 1. The molecule has 0 fully saturated rings. The standard InChI is InChI=1S/C19H20FNO5/c1-4-17(25-3)18(12-5-10-16(22)15(20)11-12)26-19(23)21-13-6-8-14(24-2)9-7-13/h4-11,17-18,22H,1H2,2-3H3,(H,21,23)/t17-,18-/m1/s1. The normalized spacial score (nSPS) is 12.7. The van der Waals surface area contributed by atoms with E-state index in [1.807, 2.05) is 0 Å². The van der Waals surface area contributed by atoms with Crippen molar-refractivity contribution in [1.29, 1.82) is 0 Å². The minimum Gasteiger partial charge on any atom is -0.505 e. The average Bonchev–Trinajstić information content (AvgIpc) is 2.64. The van der Waals surface area contributed by atoms with Crippen molar-refractivity contribution in [1.82, 2.24) is 0 Å². The van der Waals surface area contributed by atoms with E-state index in [0.717, 1.165) is 6.07 Å². The number of halogens is 1. The molecule has 2 N–H and O–H groups in total. The van der Waals surface area contributed by atoms with Gasteiger partial charge >= 0.3 is 6.09 Å². The van der Waals surface area contributed by atoms with Gasteiger partial charge in [-0.05, 0) is 42.0 Å². The van der Waals surface area contributed by atoms with E-state index in [1.54, 1.807) is 24.3 Å². The lowest BCUT2D eigenvalue weighted by Gasteiger charge is -2.24. The van der Waals surface area contributed by atoms with Crippen LogP contribution in [-0.4, -0.2) is 31.5 Å². The lowest BCUT2D eigenvalue weighted by molar-refractivity contribution is 0.00586. The third-order valence-electron chi connectivity index (χ3n) is 3.67. The second-order valence-corrected chi connectivity index (χ2v) is 5.33. The molecule has 0 aliphatic rings. The maximum absolute atomic E-state index is 13.7. The molecular formula is C19H20FNO5. The van der Waals surface area contributed by atoms with Crippen LogP contribution in [0.5, 0.6) is 11.5 Å². The molecule has 6 nitrogen and oxygen atoms in total. The SMILES string of the molecule is C=C[C@@H](OC)[C@H](OC(=O)Nc1ccc(OC)cc1)c1ccc(O)c(F)c1. The fourth-order valence-corrected chi connectivity index (χ4v) is 2.31. The molecular weight excluding hydrogens is 341 g/mol. The highest BCUT2D eigenvalue weighted by Gasteiger charge is 2.26. The van der Waals surface area contributed by atoms with Crippen molar-refractivity contribution in [3.05, 3.63) is 66.5 Å². The number of phenols is 1. The molecule has 0 saturated heterocycles. The number of carbonyl (C=O) groups is 1. The summed E-state index contributed by atoms with van der Waals surface area (Å²) in [5.41, 5.74) is 0.816. The lowest BCUT2D eigenvalue weighted by Crippen LogP contribution is -2.26. The van der Waals surface area contributed by atoms with Crippen LogP contribution in [0.1, 0.15) is 11.7 Å². The van der Waals surface area contributed by atoms with Gasteiger partial charge in [0.1, 0.15) is 11.9 Å². The number of methoxy groups -OCH3 is 2. The topological polar surface area (TPSA) is 77.0 Å². The predicted molar refractivity (Wildman–Crippen MR) is 94.9 cm³/mol. The monoisotopic (exact) mass is 361 g/mol. The van der Waals surface area contributed by atoms with Gasteiger partial charge in [0.15, 0.2) is 17.7 Å². The number of hydrogen-bond donors (Lipinski definition) is 2. The second kappa shape index (κ2) is 8.87. The summed E-state index contributed by atoms with van der Waals surface area (Å²) in [6.07, 6.45) is -0.972. The van der Waals surface area contributed by atoms with E-state index in [4.69, 9.17) is 14.2 Å². The highest BCUT2D eigenvalue weighted by atomic mass is 19.1. The van der Waals surface area contributed by atoms with Crippen LogP contribution in [0, 0.1) is 5.82 Å². The summed E-state index contributed by atoms with van der Waals surface area (Å²) in [4.78, 5) is 12.2. The summed E-state index contributed by atoms with van der Waals surface area (Å²) in [7, 11) is 2.96. The van der Waals surface area contributed by atoms with Crippen LogP contribution in [0.2, 0.25) is 0 Å². The Morgan fingerprint density at radius 2 is 1.92 bits per heavy atom. The van der Waals surface area contributed by atoms with Gasteiger partial charge in [0, 0.05) is 12.8 Å². The van der Waals surface area contributed by atoms with Crippen LogP contribution >= 0.6 is 0 Å². The van der Waals surface area contributed by atoms with E-state index in [1.165, 1.54) is 32.4 Å². The smallest absolute Gasteiger partial charge is 0.412 e. The van der Waals surface area contributed by atoms with E-state index in [2.05, 4.69) is 11.9 Å². The van der Waals surface area contributed by atoms with E-state index in [-0.39, 0.29) is 0 Å². The van der Waals surface area contributed by atoms with Gasteiger partial charge in [-0.1, -0.05) is 12.1 Å². The van der Waals surface area contributed by atoms with Gasteiger partial charge in [-0.15, -0.1) is 6.58 Å². The van der Waals surface area contributed by atoms with Crippen LogP contribution in [-0.2, 0) is 9.47 Å². The number of carbonyl (C=O) groups excluding carboxylic acids is 1. The minimum atomic E-state index is -0.953. The number of hydrogen-bond acceptors (Lipinski definition) is 5. The molecule has 26 heavy (non-hydrogen) atoms. The van der Waals surface area contributed by atoms with Crippen LogP contribution < -0.4 is 10.1 Å². The fourth-order valence-electron chi connectivity index (χ4n) is 2.31. The van der Waals surface area contributed by atoms with Gasteiger partial charge in [0.2, 0.25) is 0 Å². The molecule has 2 aromatic carbocycles. The predicted octanol–water partition coefficient (Wildman–Crippen LogP) is 4.03. The Morgan fingerprint density at radius 1 is 1.23 bits per heavy atom. The molecule has 2 rings (SSSR count). The molecule has 0 bridgehead atoms. The molecule has 138 valence electrons. The molecule has 2 atom stereocenters. The van der Waals surface area contributed by atoms with Gasteiger partial charge < -0.3 is 19.3 Å². The quantitative estimate of drug-likeness (QED) is 0.728. The molecule has 0 radical (unpaired) electrons. The average molecular weight is 361 g/mol. The van der Waals surface area contributed by atoms with Gasteiger partial charge in [-0.2, -0.15) is 0 Å². The van der Waals surface area contributed by atoms with Crippen molar-refractivity contribution in [3.8, 4) is 11.5 Å². The zero-order chi connectivity index (χ0) is 19.1. The molecule has 0 heterocycles. The van der Waals surface area contributed by atoms with Crippen molar-refractivity contribution < 1.29 is 28.5 Å². The zero-order valence-corrected chi connectivity index (χ0v) is 14.4. The molecule has 0 aromatic heterocycles. The van der Waals surface area contributed by atoms with Crippen LogP contribution in [0.4, 0.5) is 14.9 Å². The van der Waals surface area contributed by atoms with Gasteiger partial charge in [0.05, 0.1) is 7.11 Å². The highest BCUT2D eigenvalue weighted by molar-refractivity contribution is 5.84. The van der Waals surface area contributed by atoms with Crippen molar-refractivity contribution in [2.24, 2.45) is 0 Å². The van der Waals surface area contributed by atoms with Crippen molar-refractivity contribution >= 4 is 11.8 Å². The largest absolute Gasteiger partial charge is 0.505 e. The summed E-state index contributed by atoms with van der Waals surface area (Å²) in [5, 5.41) is 11.9. The molecule has 0 aliphatic carbocycles. The molecule has 0 saturated carbocycles. The van der Waals surface area contributed by atoms with E-state index < -0.39 is 29.9 Å². The first-order valence-electron chi connectivity index (χ1n) is 7.74. The summed E-state index contributed by atoms with van der Waals surface area (Å²) in [5.74, 6) is -0.680. The van der Waals surface area contributed by atoms with Crippen LogP contribution in [0.3, 0.4) is 0 Å². The fraction of sp³-hybridized carbons (Fsp3) is 0.211. The Hall–Kier alpha value is -3.06. The number of benzene rings is 2. The van der Waals surface area contributed by atoms with Gasteiger partial charge in [0.25, 0.3) is 0 Å². The van der Waals surface area contributed by atoms with E-state index in [9.17, 15) is 14.3 Å². The third-order valence-corrected chi connectivity index (χ3v) is 3.67. The van der Waals surface area contributed by atoms with Gasteiger partial charge in [-0.25, -0.2) is 9.18 Å². The Balaban J connectivity index is 2.18. The summed E-state index contributed by atoms with van der Waals surface area (Å²) in [6, 6.07) is 10.4. The number of amides is 1. The third kappa shape index (κ3) is 4.73. The summed E-state index contributed by atoms with van der Waals surface area (Å²) in [6.45, 7) is 3.63. The van der Waals surface area contributed by atoms with Crippen LogP contribution in [0.15, 0.2) is 55.1 Å². The van der Waals surface area contributed by atoms with Crippen molar-refractivity contribution in [2.75, 3.05) is 19.5 Å². The highest BCUT2D eigenvalue weighted by Crippen LogP contribution is 2.28. The second-order valence-electron chi connectivity index (χ2n) is 5.33. The molecule has 0 unspecified atom stereocenters. The molecule has 0 spiro atoms. The van der Waals surface area contributed by atoms with Crippen molar-refractivity contribution in [2.45, 2.75) is 12.2 Å². The minimum absolute atomic E-state index is 0.317. The Bertz CT molecular complexity index is 763. The summed E-state index contributed by atoms with van der Waals surface area (Å²) < 4.78 is 29.4. The zero-order valence-electron chi connectivity index (χ0n) is 14.4. The lowest BCUT2D eigenvalue weighted by atomic mass is 10.0. The molecule has 0 aliphatic heterocycles. The van der Waals surface area contributed by atoms with Crippen molar-refractivity contribution in [3.63, 3.8) is 0 Å². The van der Waals surface area contributed by atoms with Crippen LogP contribution in [0.25, 0.3) is 0 Å². The number of nitrogens with one attached hydrogen (secondary N) is 1. The van der Waals surface area contributed by atoms with E-state index >= 15 is 0 Å². The Kier molecular flexibility index (Phi) is 6.57. The molecule has 1 amide bonds. The van der Waals surface area contributed by atoms with Gasteiger partial charge in [-0.3, -0.25) is 5.32 Å². The first-order chi connectivity index (χ1) is 12.5. The number of ether oxygens (including phenoxy) is 3. The maximum atomic E-state index is 13.7.